The van der Waals surface area contributed by atoms with E-state index in [1.165, 1.54) is 13.2 Å². The van der Waals surface area contributed by atoms with E-state index >= 15 is 4.39 Å². The molecule has 2 fully saturated rings. The van der Waals surface area contributed by atoms with Gasteiger partial charge in [0.05, 0.1) is 19.4 Å². The molecule has 10 nitrogen and oxygen atoms in total. The molecule has 0 bridgehead atoms. The molecule has 3 N–H and O–H groups in total. The lowest BCUT2D eigenvalue weighted by Crippen LogP contribution is -2.44. The van der Waals surface area contributed by atoms with E-state index in [0.29, 0.717) is 30.6 Å². The summed E-state index contributed by atoms with van der Waals surface area (Å²) in [5.41, 5.74) is 0.226. The molecule has 204 valence electrons. The van der Waals surface area contributed by atoms with Crippen molar-refractivity contribution in [3.63, 3.8) is 0 Å². The maximum absolute atomic E-state index is 15.1. The van der Waals surface area contributed by atoms with E-state index in [0.717, 1.165) is 5.56 Å². The van der Waals surface area contributed by atoms with Gasteiger partial charge in [0, 0.05) is 37.0 Å². The number of hydrogen-bond donors (Lipinski definition) is 2. The van der Waals surface area contributed by atoms with Crippen molar-refractivity contribution in [2.45, 2.75) is 38.1 Å². The number of rotatable bonds is 9. The Morgan fingerprint density at radius 1 is 1.39 bits per heavy atom. The summed E-state index contributed by atoms with van der Waals surface area (Å²) >= 11 is 5.89. The lowest BCUT2D eigenvalue weighted by molar-refractivity contribution is 0.00524. The maximum Gasteiger partial charge on any atom is 0.410 e. The van der Waals surface area contributed by atoms with Crippen molar-refractivity contribution in [2.24, 2.45) is 5.84 Å². The highest BCUT2D eigenvalue weighted by atomic mass is 35.5. The molecule has 2 aliphatic rings. The molecule has 4 rings (SSSR count). The monoisotopic (exact) mass is 555 g/mol. The number of pyridine rings is 1. The second kappa shape index (κ2) is 11.8. The average Bonchev–Trinajstić information content (AvgIpc) is 3.27. The number of nitrogens with two attached hydrogens (primary N) is 1. The molecule has 0 radical (unpaired) electrons. The largest absolute Gasteiger partial charge is 0.488 e. The first-order valence-corrected chi connectivity index (χ1v) is 11.9. The summed E-state index contributed by atoms with van der Waals surface area (Å²) in [6.45, 7) is -2.48. The smallest absolute Gasteiger partial charge is 0.410 e. The molecule has 0 spiro atoms. The van der Waals surface area contributed by atoms with Crippen molar-refractivity contribution in [1.29, 1.82) is 0 Å². The predicted octanol–water partition coefficient (Wildman–Crippen LogP) is 3.70. The molecule has 1 aromatic carbocycles. The number of carbonyl (C=O) groups excluding carboxylic acids is 2. The topological polar surface area (TPSA) is 119 Å². The Labute approximate surface area is 221 Å². The van der Waals surface area contributed by atoms with E-state index in [2.05, 4.69) is 10.3 Å². The van der Waals surface area contributed by atoms with Crippen molar-refractivity contribution >= 4 is 29.4 Å². The fraction of sp³-hybridized carbons (Fsp3) is 0.375. The summed E-state index contributed by atoms with van der Waals surface area (Å²) in [7, 11) is 1.23. The SMILES string of the molecule is COc1nc(/C(F)=C/N(N)C(F)F)c(O[C@H]2CCN3C(=O)OC[C@@H]3C2)cc1C(=O)NCc1ccc(Cl)cc1. The number of hydrazine groups is 1. The van der Waals surface area contributed by atoms with Crippen molar-refractivity contribution in [1.82, 2.24) is 20.2 Å². The molecule has 1 aromatic heterocycles. The van der Waals surface area contributed by atoms with E-state index in [9.17, 15) is 18.4 Å². The van der Waals surface area contributed by atoms with Crippen LogP contribution in [0.1, 0.15) is 34.5 Å². The Hall–Kier alpha value is -3.71. The summed E-state index contributed by atoms with van der Waals surface area (Å²) in [6, 6.07) is 7.84. The first-order chi connectivity index (χ1) is 18.2. The molecule has 0 aliphatic carbocycles. The van der Waals surface area contributed by atoms with Crippen molar-refractivity contribution in [2.75, 3.05) is 20.3 Å². The number of cyclic esters (lactones) is 1. The third-order valence-corrected chi connectivity index (χ3v) is 6.32. The number of halogens is 4. The van der Waals surface area contributed by atoms with Gasteiger partial charge in [0.15, 0.2) is 5.83 Å². The number of benzene rings is 1. The molecule has 2 saturated heterocycles. The van der Waals surface area contributed by atoms with Gasteiger partial charge in [0.25, 0.3) is 5.91 Å². The standard InChI is InChI=1S/C24H25ClF3N5O5/c1-36-22-17(21(34)30-10-13-2-4-14(25)5-3-13)9-19(20(31-22)18(26)11-33(29)23(27)28)38-16-6-7-32-15(8-16)12-37-24(32)35/h2-5,9,11,15-16,23H,6-8,10,12,29H2,1H3,(H,30,34)/b18-11-/t15-,16-/m0/s1. The Bertz CT molecular complexity index is 1220. The van der Waals surface area contributed by atoms with Gasteiger partial charge < -0.3 is 24.4 Å². The average molecular weight is 556 g/mol. The van der Waals surface area contributed by atoms with E-state index in [-0.39, 0.29) is 41.4 Å². The van der Waals surface area contributed by atoms with Crippen LogP contribution in [-0.4, -0.2) is 65.8 Å². The number of alkyl halides is 2. The van der Waals surface area contributed by atoms with Crippen LogP contribution in [0.15, 0.2) is 36.5 Å². The summed E-state index contributed by atoms with van der Waals surface area (Å²) in [5.74, 6) is 2.90. The Balaban J connectivity index is 1.63. The predicted molar refractivity (Wildman–Crippen MR) is 130 cm³/mol. The van der Waals surface area contributed by atoms with Gasteiger partial charge in [-0.15, -0.1) is 0 Å². The molecule has 2 aromatic rings. The number of aromatic nitrogens is 1. The van der Waals surface area contributed by atoms with Gasteiger partial charge in [-0.25, -0.2) is 20.0 Å². The third kappa shape index (κ3) is 6.22. The van der Waals surface area contributed by atoms with Crippen LogP contribution in [0.2, 0.25) is 5.02 Å². The molecule has 3 heterocycles. The van der Waals surface area contributed by atoms with Crippen LogP contribution >= 0.6 is 11.6 Å². The molecule has 0 saturated carbocycles. The lowest BCUT2D eigenvalue weighted by Gasteiger charge is -2.32. The summed E-state index contributed by atoms with van der Waals surface area (Å²) < 4.78 is 57.2. The highest BCUT2D eigenvalue weighted by molar-refractivity contribution is 6.30. The Kier molecular flexibility index (Phi) is 8.47. The van der Waals surface area contributed by atoms with Gasteiger partial charge in [-0.3, -0.25) is 9.80 Å². The fourth-order valence-corrected chi connectivity index (χ4v) is 4.26. The third-order valence-electron chi connectivity index (χ3n) is 6.07. The normalized spacial score (nSPS) is 19.2. The Morgan fingerprint density at radius 2 is 2.13 bits per heavy atom. The second-order valence-corrected chi connectivity index (χ2v) is 9.03. The molecule has 14 heteroatoms. The van der Waals surface area contributed by atoms with Crippen molar-refractivity contribution in [3.05, 3.63) is 58.4 Å². The number of hydrogen-bond acceptors (Lipinski definition) is 8. The second-order valence-electron chi connectivity index (χ2n) is 8.59. The quantitative estimate of drug-likeness (QED) is 0.273. The highest BCUT2D eigenvalue weighted by Gasteiger charge is 2.39. The van der Waals surface area contributed by atoms with Gasteiger partial charge in [-0.2, -0.15) is 8.78 Å². The maximum atomic E-state index is 15.1. The number of methoxy groups -OCH3 is 1. The molecule has 38 heavy (non-hydrogen) atoms. The van der Waals surface area contributed by atoms with Crippen LogP contribution < -0.4 is 20.6 Å². The van der Waals surface area contributed by atoms with Crippen molar-refractivity contribution < 1.29 is 37.0 Å². The number of fused-ring (bicyclic) bond motifs is 1. The molecular weight excluding hydrogens is 531 g/mol. The number of nitrogens with one attached hydrogen (secondary N) is 1. The van der Waals surface area contributed by atoms with Gasteiger partial charge in [-0.05, 0) is 17.7 Å². The molecular formula is C24H25ClF3N5O5. The van der Waals surface area contributed by atoms with E-state index in [4.69, 9.17) is 31.7 Å². The van der Waals surface area contributed by atoms with E-state index in [1.54, 1.807) is 29.2 Å². The van der Waals surface area contributed by atoms with Crippen LogP contribution in [0, 0.1) is 0 Å². The summed E-state index contributed by atoms with van der Waals surface area (Å²) in [4.78, 5) is 30.5. The molecule has 2 amide bonds. The molecule has 0 unspecified atom stereocenters. The zero-order valence-electron chi connectivity index (χ0n) is 20.2. The summed E-state index contributed by atoms with van der Waals surface area (Å²) in [6.07, 6.45) is 0.220. The Morgan fingerprint density at radius 3 is 2.82 bits per heavy atom. The minimum atomic E-state index is -3.17. The lowest BCUT2D eigenvalue weighted by atomic mass is 10.0. The van der Waals surface area contributed by atoms with Crippen LogP contribution in [0.3, 0.4) is 0 Å². The minimum Gasteiger partial charge on any atom is -0.488 e. The van der Waals surface area contributed by atoms with Crippen LogP contribution in [0.25, 0.3) is 5.83 Å². The van der Waals surface area contributed by atoms with E-state index < -0.39 is 36.2 Å². The van der Waals surface area contributed by atoms with Gasteiger partial charge in [0.2, 0.25) is 5.88 Å². The molecule has 2 atom stereocenters. The summed E-state index contributed by atoms with van der Waals surface area (Å²) in [5, 5.41) is 3.13. The zero-order chi connectivity index (χ0) is 27.4. The highest BCUT2D eigenvalue weighted by Crippen LogP contribution is 2.34. The van der Waals surface area contributed by atoms with E-state index in [1.807, 2.05) is 0 Å². The van der Waals surface area contributed by atoms with Gasteiger partial charge >= 0.3 is 12.6 Å². The van der Waals surface area contributed by atoms with Gasteiger partial charge in [-0.1, -0.05) is 23.7 Å². The first kappa shape index (κ1) is 27.3. The van der Waals surface area contributed by atoms with Crippen molar-refractivity contribution in [3.8, 4) is 11.6 Å². The molecule has 2 aliphatic heterocycles. The number of ether oxygens (including phenoxy) is 3. The number of amides is 2. The number of carbonyl (C=O) groups is 2. The zero-order valence-corrected chi connectivity index (χ0v) is 21.0. The number of nitrogens with zero attached hydrogens (tertiary/aromatic N) is 3. The first-order valence-electron chi connectivity index (χ1n) is 11.6. The fourth-order valence-electron chi connectivity index (χ4n) is 4.14. The number of piperidine rings is 1. The van der Waals surface area contributed by atoms with Gasteiger partial charge in [0.1, 0.15) is 29.7 Å². The van der Waals surface area contributed by atoms with Crippen LogP contribution in [0.5, 0.6) is 11.6 Å². The van der Waals surface area contributed by atoms with Crippen LogP contribution in [0.4, 0.5) is 18.0 Å². The van der Waals surface area contributed by atoms with Crippen LogP contribution in [-0.2, 0) is 11.3 Å². The minimum absolute atomic E-state index is 0.0664.